The fourth-order valence-corrected chi connectivity index (χ4v) is 4.55. The van der Waals surface area contributed by atoms with E-state index in [9.17, 15) is 9.59 Å². The number of hydrogen-bond donors (Lipinski definition) is 2. The highest BCUT2D eigenvalue weighted by Gasteiger charge is 2.32. The van der Waals surface area contributed by atoms with Crippen molar-refractivity contribution in [3.05, 3.63) is 81.1 Å². The van der Waals surface area contributed by atoms with Crippen LogP contribution in [0.5, 0.6) is 0 Å². The van der Waals surface area contributed by atoms with Gasteiger partial charge in [-0.15, -0.1) is 0 Å². The molecule has 1 amide bonds. The number of ether oxygens (including phenoxy) is 1. The number of nitrogens with zero attached hydrogens (tertiary/aromatic N) is 3. The van der Waals surface area contributed by atoms with E-state index in [2.05, 4.69) is 10.3 Å². The first-order chi connectivity index (χ1) is 16.1. The third kappa shape index (κ3) is 5.31. The second kappa shape index (κ2) is 10.7. The molecule has 0 radical (unpaired) electrons. The Bertz CT molecular complexity index is 1260. The van der Waals surface area contributed by atoms with Crippen LogP contribution >= 0.6 is 24.0 Å². The quantitative estimate of drug-likeness (QED) is 0.273. The minimum absolute atomic E-state index is 0.0638. The maximum Gasteiger partial charge on any atom is 0.267 e. The first-order valence-electron chi connectivity index (χ1n) is 10.3. The maximum atomic E-state index is 13.2. The van der Waals surface area contributed by atoms with Gasteiger partial charge in [0.05, 0.1) is 36.8 Å². The molecule has 0 bridgehead atoms. The van der Waals surface area contributed by atoms with Crippen molar-refractivity contribution < 1.29 is 14.6 Å². The molecular weight excluding hydrogens is 460 g/mol. The summed E-state index contributed by atoms with van der Waals surface area (Å²) in [6.07, 6.45) is 3.19. The summed E-state index contributed by atoms with van der Waals surface area (Å²) in [6.45, 7) is 1.24. The van der Waals surface area contributed by atoms with E-state index in [-0.39, 0.29) is 30.2 Å². The average Bonchev–Trinajstić information content (AvgIpc) is 3.09. The van der Waals surface area contributed by atoms with Crippen LogP contribution in [0.3, 0.4) is 0 Å². The molecule has 2 N–H and O–H groups in total. The number of nitrogens with one attached hydrogen (secondary N) is 1. The molecule has 1 saturated heterocycles. The number of amides is 1. The molecule has 10 heteroatoms. The number of pyridine rings is 1. The van der Waals surface area contributed by atoms with Crippen LogP contribution in [0.1, 0.15) is 11.1 Å². The fourth-order valence-electron chi connectivity index (χ4n) is 3.31. The van der Waals surface area contributed by atoms with Gasteiger partial charge in [-0.3, -0.25) is 18.9 Å². The molecule has 170 valence electrons. The highest BCUT2D eigenvalue weighted by molar-refractivity contribution is 8.26. The number of aliphatic hydroxyl groups is 1. The number of carbonyl (C=O) groups excluding carboxylic acids is 1. The Kier molecular flexibility index (Phi) is 7.50. The zero-order valence-corrected chi connectivity index (χ0v) is 19.3. The average molecular weight is 483 g/mol. The van der Waals surface area contributed by atoms with Gasteiger partial charge in [0.25, 0.3) is 11.5 Å². The van der Waals surface area contributed by atoms with Crippen LogP contribution in [0.15, 0.2) is 64.4 Å². The molecule has 1 aliphatic rings. The Balaban J connectivity index is 1.65. The monoisotopic (exact) mass is 482 g/mol. The molecule has 0 atom stereocenters. The maximum absolute atomic E-state index is 13.2. The number of hydrogen-bond acceptors (Lipinski definition) is 8. The summed E-state index contributed by atoms with van der Waals surface area (Å²) in [5, 5.41) is 12.0. The SMILES string of the molecule is O=C1C(=Cc2c(NCCOCCO)nc3ccccn3c2=O)SC(=S)N1Cc1ccccc1. The van der Waals surface area contributed by atoms with Gasteiger partial charge in [-0.1, -0.05) is 60.4 Å². The van der Waals surface area contributed by atoms with E-state index < -0.39 is 0 Å². The van der Waals surface area contributed by atoms with Gasteiger partial charge in [-0.2, -0.15) is 0 Å². The predicted octanol–water partition coefficient (Wildman–Crippen LogP) is 2.52. The van der Waals surface area contributed by atoms with Crippen molar-refractivity contribution in [1.29, 1.82) is 0 Å². The van der Waals surface area contributed by atoms with Gasteiger partial charge < -0.3 is 15.2 Å². The van der Waals surface area contributed by atoms with Crippen molar-refractivity contribution in [3.63, 3.8) is 0 Å². The Morgan fingerprint density at radius 2 is 1.91 bits per heavy atom. The van der Waals surface area contributed by atoms with Crippen molar-refractivity contribution in [3.8, 4) is 0 Å². The normalized spacial score (nSPS) is 15.1. The van der Waals surface area contributed by atoms with E-state index in [0.717, 1.165) is 5.56 Å². The highest BCUT2D eigenvalue weighted by Crippen LogP contribution is 2.34. The summed E-state index contributed by atoms with van der Waals surface area (Å²) in [5.41, 5.74) is 1.41. The molecule has 1 aromatic carbocycles. The zero-order chi connectivity index (χ0) is 23.2. The van der Waals surface area contributed by atoms with Gasteiger partial charge in [0.1, 0.15) is 15.8 Å². The van der Waals surface area contributed by atoms with Gasteiger partial charge in [0.15, 0.2) is 0 Å². The molecule has 1 aliphatic heterocycles. The number of anilines is 1. The molecule has 0 saturated carbocycles. The van der Waals surface area contributed by atoms with E-state index in [0.29, 0.717) is 40.4 Å². The molecule has 4 rings (SSSR count). The number of carbonyl (C=O) groups is 1. The van der Waals surface area contributed by atoms with E-state index in [1.54, 1.807) is 30.5 Å². The van der Waals surface area contributed by atoms with Crippen molar-refractivity contribution in [2.24, 2.45) is 0 Å². The lowest BCUT2D eigenvalue weighted by Gasteiger charge is -2.14. The van der Waals surface area contributed by atoms with Gasteiger partial charge in [-0.05, 0) is 23.8 Å². The topological polar surface area (TPSA) is 96.2 Å². The van der Waals surface area contributed by atoms with E-state index in [4.69, 9.17) is 22.1 Å². The van der Waals surface area contributed by atoms with Crippen molar-refractivity contribution in [2.75, 3.05) is 31.7 Å². The zero-order valence-electron chi connectivity index (χ0n) is 17.6. The predicted molar refractivity (Wildman–Crippen MR) is 133 cm³/mol. The van der Waals surface area contributed by atoms with Gasteiger partial charge in [0, 0.05) is 12.7 Å². The molecule has 0 spiro atoms. The van der Waals surface area contributed by atoms with Crippen LogP contribution in [0.25, 0.3) is 11.7 Å². The number of benzene rings is 1. The minimum Gasteiger partial charge on any atom is -0.394 e. The molecule has 0 unspecified atom stereocenters. The Morgan fingerprint density at radius 3 is 2.70 bits per heavy atom. The lowest BCUT2D eigenvalue weighted by atomic mass is 10.2. The van der Waals surface area contributed by atoms with Crippen molar-refractivity contribution in [1.82, 2.24) is 14.3 Å². The van der Waals surface area contributed by atoms with Gasteiger partial charge in [0.2, 0.25) is 0 Å². The largest absolute Gasteiger partial charge is 0.394 e. The van der Waals surface area contributed by atoms with Crippen LogP contribution in [0.2, 0.25) is 0 Å². The molecule has 33 heavy (non-hydrogen) atoms. The minimum atomic E-state index is -0.298. The molecule has 0 aliphatic carbocycles. The molecule has 1 fully saturated rings. The molecule has 8 nitrogen and oxygen atoms in total. The number of rotatable bonds is 9. The third-order valence-corrected chi connectivity index (χ3v) is 6.25. The summed E-state index contributed by atoms with van der Waals surface area (Å²) >= 11 is 6.61. The summed E-state index contributed by atoms with van der Waals surface area (Å²) in [6, 6.07) is 14.9. The molecule has 3 aromatic rings. The molecule has 3 heterocycles. The van der Waals surface area contributed by atoms with Gasteiger partial charge >= 0.3 is 0 Å². The number of thioether (sulfide) groups is 1. The van der Waals surface area contributed by atoms with Crippen LogP contribution in [0, 0.1) is 0 Å². The second-order valence-corrected chi connectivity index (χ2v) is 8.80. The first kappa shape index (κ1) is 23.1. The summed E-state index contributed by atoms with van der Waals surface area (Å²) in [7, 11) is 0. The van der Waals surface area contributed by atoms with Crippen molar-refractivity contribution >= 4 is 51.7 Å². The van der Waals surface area contributed by atoms with E-state index in [1.165, 1.54) is 21.1 Å². The molecule has 2 aromatic heterocycles. The lowest BCUT2D eigenvalue weighted by Crippen LogP contribution is -2.27. The Morgan fingerprint density at radius 1 is 1.12 bits per heavy atom. The number of aromatic nitrogens is 2. The Labute approximate surface area is 199 Å². The van der Waals surface area contributed by atoms with E-state index in [1.807, 2.05) is 30.3 Å². The summed E-state index contributed by atoms with van der Waals surface area (Å²) < 4.78 is 7.15. The van der Waals surface area contributed by atoms with Crippen LogP contribution in [-0.2, 0) is 16.1 Å². The van der Waals surface area contributed by atoms with Crippen molar-refractivity contribution in [2.45, 2.75) is 6.54 Å². The standard InChI is InChI=1S/C23H22N4O4S2/c28-11-13-31-12-9-24-20-17(21(29)26-10-5-4-8-19(26)25-20)14-18-22(30)27(23(32)33-18)15-16-6-2-1-3-7-16/h1-8,10,14,24,28H,9,11-13,15H2. The smallest absolute Gasteiger partial charge is 0.267 e. The van der Waals surface area contributed by atoms with Crippen LogP contribution < -0.4 is 10.9 Å². The second-order valence-electron chi connectivity index (χ2n) is 7.12. The number of aliphatic hydroxyl groups excluding tert-OH is 1. The summed E-state index contributed by atoms with van der Waals surface area (Å²) in [4.78, 5) is 32.8. The van der Waals surface area contributed by atoms with E-state index >= 15 is 0 Å². The Hall–Kier alpha value is -3.05. The number of thiocarbonyl (C=S) groups is 1. The first-order valence-corrected chi connectivity index (χ1v) is 11.5. The fraction of sp³-hybridized carbons (Fsp3) is 0.217. The third-order valence-electron chi connectivity index (χ3n) is 4.88. The molecular formula is C23H22N4O4S2. The number of fused-ring (bicyclic) bond motifs is 1. The lowest BCUT2D eigenvalue weighted by molar-refractivity contribution is -0.122. The highest BCUT2D eigenvalue weighted by atomic mass is 32.2. The summed E-state index contributed by atoms with van der Waals surface area (Å²) in [5.74, 6) is 0.107. The van der Waals surface area contributed by atoms with Crippen LogP contribution in [0.4, 0.5) is 5.82 Å². The van der Waals surface area contributed by atoms with Crippen LogP contribution in [-0.4, -0.2) is 56.0 Å². The van der Waals surface area contributed by atoms with Gasteiger partial charge in [-0.25, -0.2) is 4.98 Å².